The number of anilines is 2. The number of phenols is 2. The van der Waals surface area contributed by atoms with Gasteiger partial charge in [0.1, 0.15) is 12.0 Å². The fourth-order valence-electron chi connectivity index (χ4n) is 3.73. The number of aromatic nitrogens is 1. The fourth-order valence-corrected chi connectivity index (χ4v) is 5.41. The Hall–Kier alpha value is -2.34. The summed E-state index contributed by atoms with van der Waals surface area (Å²) >= 11 is 2.83. The first-order chi connectivity index (χ1) is 15.0. The standard InChI is InChI=1S/C22H15FN3O3S2.CH3.Pa/c1-25-15-6-5-12(23)9-13(15)22(29)26(16-3-2-4-17(27)20(16)28)21(25)19-8-7-18(31-19)14-10-30-11-24-14;;/h2-10,21,27-28H,1H3;1H3;/q2*-1;. The number of carbonyl (C=O) groups is 1. The van der Waals surface area contributed by atoms with E-state index in [0.29, 0.717) is 5.69 Å². The van der Waals surface area contributed by atoms with Crippen molar-refractivity contribution in [2.45, 2.75) is 6.17 Å². The SMILES string of the molecule is CN1c2ccc(F)cc2C(=O)N(c2cccc(O)c2O)C1c1ccc(-c2cs[c-]n2)s1.[CH3-].[Pa]. The molecule has 1 aliphatic rings. The van der Waals surface area contributed by atoms with Crippen LogP contribution in [0.5, 0.6) is 11.5 Å². The number of phenolic OH excluding ortho intramolecular Hbond substituents is 2. The number of nitrogens with zero attached hydrogens (tertiary/aromatic N) is 3. The monoisotopic (exact) mass is 698 g/mol. The summed E-state index contributed by atoms with van der Waals surface area (Å²) < 4.78 is 14.0. The van der Waals surface area contributed by atoms with Crippen LogP contribution in [0.1, 0.15) is 21.4 Å². The zero-order valence-electron chi connectivity index (χ0n) is 17.7. The molecule has 1 atom stereocenters. The second kappa shape index (κ2) is 9.88. The van der Waals surface area contributed by atoms with Crippen LogP contribution >= 0.6 is 22.7 Å². The molecule has 4 aromatic rings. The second-order valence-corrected chi connectivity index (χ2v) is 8.76. The van der Waals surface area contributed by atoms with E-state index in [4.69, 9.17) is 0 Å². The fraction of sp³-hybridized carbons (Fsp3) is 0.0870. The van der Waals surface area contributed by atoms with E-state index in [1.165, 1.54) is 45.8 Å². The number of fused-ring (bicyclic) bond motifs is 1. The number of halogens is 1. The van der Waals surface area contributed by atoms with E-state index >= 15 is 0 Å². The average Bonchev–Trinajstić information content (AvgIpc) is 3.44. The van der Waals surface area contributed by atoms with Crippen LogP contribution in [0, 0.1) is 51.1 Å². The summed E-state index contributed by atoms with van der Waals surface area (Å²) in [6, 6.07) is 12.3. The van der Waals surface area contributed by atoms with Crippen molar-refractivity contribution in [2.24, 2.45) is 0 Å². The van der Waals surface area contributed by atoms with Crippen molar-refractivity contribution in [3.05, 3.63) is 83.1 Å². The molecule has 2 aromatic carbocycles. The molecule has 5 rings (SSSR count). The molecular weight excluding hydrogens is 680 g/mol. The molecule has 2 aromatic heterocycles. The van der Waals surface area contributed by atoms with E-state index in [1.54, 1.807) is 25.2 Å². The molecule has 3 heterocycles. The summed E-state index contributed by atoms with van der Waals surface area (Å²) in [5.41, 5.74) is 4.50. The number of rotatable bonds is 3. The summed E-state index contributed by atoms with van der Waals surface area (Å²) in [6.07, 6.45) is -0.625. The summed E-state index contributed by atoms with van der Waals surface area (Å²) in [6.45, 7) is 0. The van der Waals surface area contributed by atoms with Crippen LogP contribution in [-0.4, -0.2) is 28.2 Å². The Bertz CT molecular complexity index is 1300. The number of hydrogen-bond acceptors (Lipinski definition) is 7. The van der Waals surface area contributed by atoms with Crippen molar-refractivity contribution in [1.29, 1.82) is 0 Å². The Balaban J connectivity index is 0.00000153. The molecule has 1 radical (unpaired) electrons. The molecule has 1 unspecified atom stereocenters. The first-order valence-electron chi connectivity index (χ1n) is 9.24. The predicted molar refractivity (Wildman–Crippen MR) is 125 cm³/mol. The van der Waals surface area contributed by atoms with Crippen LogP contribution in [0.25, 0.3) is 10.6 Å². The molecule has 0 saturated heterocycles. The number of benzene rings is 2. The number of para-hydroxylation sites is 1. The van der Waals surface area contributed by atoms with E-state index in [0.717, 1.165) is 15.4 Å². The molecule has 0 fully saturated rings. The maximum atomic E-state index is 14.0. The first kappa shape index (κ1) is 25.3. The molecule has 1 amide bonds. The van der Waals surface area contributed by atoms with Crippen molar-refractivity contribution in [3.63, 3.8) is 0 Å². The zero-order chi connectivity index (χ0) is 21.7. The van der Waals surface area contributed by atoms with Gasteiger partial charge in [0.15, 0.2) is 11.5 Å². The van der Waals surface area contributed by atoms with Crippen molar-refractivity contribution < 1.29 is 51.7 Å². The van der Waals surface area contributed by atoms with Gasteiger partial charge in [-0.2, -0.15) is 0 Å². The molecule has 0 spiro atoms. The van der Waals surface area contributed by atoms with Gasteiger partial charge in [0.25, 0.3) is 5.91 Å². The number of thiazole rings is 1. The molecule has 1 aliphatic heterocycles. The van der Waals surface area contributed by atoms with E-state index in [9.17, 15) is 19.4 Å². The van der Waals surface area contributed by atoms with Gasteiger partial charge in [-0.1, -0.05) is 17.8 Å². The van der Waals surface area contributed by atoms with Gasteiger partial charge in [0.05, 0.1) is 16.9 Å². The third-order valence-electron chi connectivity index (χ3n) is 5.18. The molecule has 0 aliphatic carbocycles. The molecule has 0 saturated carbocycles. The molecule has 6 nitrogen and oxygen atoms in total. The van der Waals surface area contributed by atoms with Crippen molar-refractivity contribution >= 4 is 40.0 Å². The number of aromatic hydroxyl groups is 2. The molecule has 2 N–H and O–H groups in total. The minimum atomic E-state index is -0.625. The summed E-state index contributed by atoms with van der Waals surface area (Å²) in [5.74, 6) is -1.77. The van der Waals surface area contributed by atoms with Crippen LogP contribution in [-0.2, 0) is 0 Å². The van der Waals surface area contributed by atoms with Gasteiger partial charge in [0.2, 0.25) is 0 Å². The van der Waals surface area contributed by atoms with E-state index in [-0.39, 0.29) is 56.7 Å². The zero-order valence-corrected chi connectivity index (χ0v) is 24.1. The Morgan fingerprint density at radius 3 is 2.64 bits per heavy atom. The van der Waals surface area contributed by atoms with Gasteiger partial charge in [-0.25, -0.2) is 4.39 Å². The predicted octanol–water partition coefficient (Wildman–Crippen LogP) is 5.47. The molecule has 167 valence electrons. The van der Waals surface area contributed by atoms with E-state index in [2.05, 4.69) is 10.5 Å². The third kappa shape index (κ3) is 4.30. The smallest absolute Gasteiger partial charge is 0.262 e. The molecule has 0 bridgehead atoms. The van der Waals surface area contributed by atoms with Gasteiger partial charge in [-0.3, -0.25) is 21.0 Å². The Morgan fingerprint density at radius 2 is 1.91 bits per heavy atom. The summed E-state index contributed by atoms with van der Waals surface area (Å²) in [5, 5.41) is 22.5. The average molecular weight is 699 g/mol. The van der Waals surface area contributed by atoms with E-state index in [1.807, 2.05) is 22.4 Å². The number of carbonyl (C=O) groups excluding carboxylic acids is 1. The van der Waals surface area contributed by atoms with Crippen LogP contribution in [0.15, 0.2) is 53.9 Å². The van der Waals surface area contributed by atoms with Crippen molar-refractivity contribution in [2.75, 3.05) is 16.8 Å². The number of amides is 1. The second-order valence-electron chi connectivity index (χ2n) is 6.99. The van der Waals surface area contributed by atoms with Crippen molar-refractivity contribution in [1.82, 2.24) is 4.98 Å². The van der Waals surface area contributed by atoms with Crippen LogP contribution in [0.2, 0.25) is 0 Å². The largest absolute Gasteiger partial charge is 0.504 e. The Labute approximate surface area is 223 Å². The Kier molecular flexibility index (Phi) is 7.57. The van der Waals surface area contributed by atoms with Crippen LogP contribution < -0.4 is 9.80 Å². The van der Waals surface area contributed by atoms with Gasteiger partial charge >= 0.3 is 0 Å². The van der Waals surface area contributed by atoms with Crippen LogP contribution in [0.4, 0.5) is 15.8 Å². The molecular formula is C23H18FN3O3PaS2-2. The van der Waals surface area contributed by atoms with Gasteiger partial charge in [-0.15, -0.1) is 16.7 Å². The van der Waals surface area contributed by atoms with Gasteiger partial charge < -0.3 is 27.5 Å². The Morgan fingerprint density at radius 1 is 1.12 bits per heavy atom. The normalized spacial score (nSPS) is 15.0. The van der Waals surface area contributed by atoms with E-state index < -0.39 is 23.6 Å². The third-order valence-corrected chi connectivity index (χ3v) is 6.86. The number of thiophene rings is 1. The summed E-state index contributed by atoms with van der Waals surface area (Å²) in [4.78, 5) is 22.7. The maximum Gasteiger partial charge on any atom is 0.262 e. The van der Waals surface area contributed by atoms with Crippen molar-refractivity contribution in [3.8, 4) is 22.1 Å². The summed E-state index contributed by atoms with van der Waals surface area (Å²) in [7, 11) is 1.80. The minimum absolute atomic E-state index is 0. The topological polar surface area (TPSA) is 76.9 Å². The van der Waals surface area contributed by atoms with Gasteiger partial charge in [0, 0.05) is 44.2 Å². The quantitative estimate of drug-likeness (QED) is 0.220. The number of hydrogen-bond donors (Lipinski definition) is 2. The minimum Gasteiger partial charge on any atom is -0.504 e. The van der Waals surface area contributed by atoms with Gasteiger partial charge in [-0.05, 0) is 46.8 Å². The molecule has 10 heteroatoms. The maximum absolute atomic E-state index is 14.0. The molecule has 33 heavy (non-hydrogen) atoms. The van der Waals surface area contributed by atoms with Crippen LogP contribution in [0.3, 0.4) is 0 Å². The first-order valence-corrected chi connectivity index (χ1v) is 10.9.